The van der Waals surface area contributed by atoms with Crippen LogP contribution in [0.25, 0.3) is 10.6 Å². The second-order valence-electron chi connectivity index (χ2n) is 5.74. The van der Waals surface area contributed by atoms with E-state index in [2.05, 4.69) is 19.8 Å². The molecule has 0 aliphatic heterocycles. The molecule has 0 saturated heterocycles. The lowest BCUT2D eigenvalue weighted by molar-refractivity contribution is 0.0555. The summed E-state index contributed by atoms with van der Waals surface area (Å²) in [5.41, 5.74) is 1.10. The molecule has 0 radical (unpaired) electrons. The summed E-state index contributed by atoms with van der Waals surface area (Å²) < 4.78 is 22.4. The number of carbonyl (C=O) groups is 3. The van der Waals surface area contributed by atoms with Crippen LogP contribution in [-0.2, 0) is 9.47 Å². The van der Waals surface area contributed by atoms with Gasteiger partial charge in [0.2, 0.25) is 0 Å². The summed E-state index contributed by atoms with van der Waals surface area (Å²) in [6.07, 6.45) is 0. The third-order valence-corrected chi connectivity index (χ3v) is 4.81. The largest absolute Gasteiger partial charge is 0.465 e. The van der Waals surface area contributed by atoms with Gasteiger partial charge in [-0.25, -0.2) is 19.0 Å². The number of aromatic nitrogens is 1. The molecule has 0 aliphatic carbocycles. The van der Waals surface area contributed by atoms with E-state index in [-0.39, 0.29) is 28.3 Å². The van der Waals surface area contributed by atoms with Gasteiger partial charge in [0.1, 0.15) is 16.5 Å². The number of thiazole rings is 1. The number of hydrogen-bond acceptors (Lipinski definition) is 7. The fraction of sp³-hybridized carbons (Fsp3) is 0.100. The number of esters is 2. The molecule has 0 bridgehead atoms. The number of hydrogen-bond donors (Lipinski definition) is 1. The molecule has 0 fully saturated rings. The average molecular weight is 414 g/mol. The summed E-state index contributed by atoms with van der Waals surface area (Å²) in [7, 11) is 2.38. The maximum absolute atomic E-state index is 13.1. The van der Waals surface area contributed by atoms with Gasteiger partial charge in [-0.15, -0.1) is 11.3 Å². The number of carbonyl (C=O) groups excluding carboxylic acids is 3. The quantitative estimate of drug-likeness (QED) is 0.639. The monoisotopic (exact) mass is 414 g/mol. The van der Waals surface area contributed by atoms with Crippen LogP contribution in [0.4, 0.5) is 10.1 Å². The highest BCUT2D eigenvalue weighted by atomic mass is 32.1. The molecular formula is C20H15FN2O5S. The topological polar surface area (TPSA) is 94.6 Å². The zero-order valence-electron chi connectivity index (χ0n) is 15.4. The number of nitrogens with one attached hydrogen (secondary N) is 1. The molecule has 3 rings (SSSR count). The minimum Gasteiger partial charge on any atom is -0.465 e. The number of ether oxygens (including phenoxy) is 2. The van der Waals surface area contributed by atoms with Crippen LogP contribution < -0.4 is 5.32 Å². The summed E-state index contributed by atoms with van der Waals surface area (Å²) in [5.74, 6) is -2.31. The second-order valence-corrected chi connectivity index (χ2v) is 6.60. The van der Waals surface area contributed by atoms with Gasteiger partial charge in [-0.2, -0.15) is 0 Å². The number of anilines is 1. The van der Waals surface area contributed by atoms with E-state index in [0.29, 0.717) is 10.6 Å². The first-order chi connectivity index (χ1) is 13.9. The highest BCUT2D eigenvalue weighted by molar-refractivity contribution is 7.13. The zero-order chi connectivity index (χ0) is 21.0. The standard InChI is InChI=1S/C20H15FN2O5S/c1-27-19(25)14-8-7-13(9-15(14)20(26)28-2)22-17(24)16-10-29-18(23-16)11-3-5-12(21)6-4-11/h3-10H,1-2H3,(H,22,24). The summed E-state index contributed by atoms with van der Waals surface area (Å²) >= 11 is 1.24. The van der Waals surface area contributed by atoms with Crippen LogP contribution in [0.1, 0.15) is 31.2 Å². The summed E-state index contributed by atoms with van der Waals surface area (Å²) in [6, 6.07) is 9.92. The van der Waals surface area contributed by atoms with Crippen LogP contribution in [0.3, 0.4) is 0 Å². The molecule has 0 saturated carbocycles. The first-order valence-corrected chi connectivity index (χ1v) is 9.14. The van der Waals surface area contributed by atoms with Gasteiger partial charge in [-0.1, -0.05) is 0 Å². The fourth-order valence-electron chi connectivity index (χ4n) is 2.49. The van der Waals surface area contributed by atoms with Crippen LogP contribution in [0.5, 0.6) is 0 Å². The number of nitrogens with zero attached hydrogens (tertiary/aromatic N) is 1. The summed E-state index contributed by atoms with van der Waals surface area (Å²) in [6.45, 7) is 0. The number of rotatable bonds is 5. The first-order valence-electron chi connectivity index (χ1n) is 8.26. The SMILES string of the molecule is COC(=O)c1ccc(NC(=O)c2csc(-c3ccc(F)cc3)n2)cc1C(=O)OC. The van der Waals surface area contributed by atoms with Crippen molar-refractivity contribution in [2.24, 2.45) is 0 Å². The van der Waals surface area contributed by atoms with Crippen molar-refractivity contribution in [3.05, 3.63) is 70.5 Å². The van der Waals surface area contributed by atoms with Crippen molar-refractivity contribution in [1.29, 1.82) is 0 Å². The van der Waals surface area contributed by atoms with Gasteiger partial charge in [0, 0.05) is 16.6 Å². The van der Waals surface area contributed by atoms with Gasteiger partial charge in [-0.3, -0.25) is 4.79 Å². The highest BCUT2D eigenvalue weighted by Crippen LogP contribution is 2.25. The van der Waals surface area contributed by atoms with E-state index < -0.39 is 17.8 Å². The van der Waals surface area contributed by atoms with Crippen LogP contribution >= 0.6 is 11.3 Å². The number of benzene rings is 2. The van der Waals surface area contributed by atoms with Gasteiger partial charge < -0.3 is 14.8 Å². The molecule has 7 nitrogen and oxygen atoms in total. The van der Waals surface area contributed by atoms with E-state index in [9.17, 15) is 18.8 Å². The molecule has 3 aromatic rings. The lowest BCUT2D eigenvalue weighted by Gasteiger charge is -2.09. The van der Waals surface area contributed by atoms with Crippen molar-refractivity contribution >= 4 is 34.9 Å². The lowest BCUT2D eigenvalue weighted by atomic mass is 10.1. The Hall–Kier alpha value is -3.59. The van der Waals surface area contributed by atoms with E-state index >= 15 is 0 Å². The van der Waals surface area contributed by atoms with Crippen LogP contribution in [-0.4, -0.2) is 37.0 Å². The molecule has 0 unspecified atom stereocenters. The Kier molecular flexibility index (Phi) is 5.99. The molecule has 148 valence electrons. The molecule has 29 heavy (non-hydrogen) atoms. The Bertz CT molecular complexity index is 1080. The predicted octanol–water partition coefficient (Wildman–Crippen LogP) is 3.77. The van der Waals surface area contributed by atoms with Crippen molar-refractivity contribution in [2.75, 3.05) is 19.5 Å². The molecule has 9 heteroatoms. The third-order valence-electron chi connectivity index (χ3n) is 3.92. The lowest BCUT2D eigenvalue weighted by Crippen LogP contribution is -2.15. The van der Waals surface area contributed by atoms with Gasteiger partial charge in [-0.05, 0) is 42.5 Å². The molecule has 1 aromatic heterocycles. The molecule has 0 spiro atoms. The average Bonchev–Trinajstić information content (AvgIpc) is 3.23. The number of amides is 1. The van der Waals surface area contributed by atoms with E-state index in [0.717, 1.165) is 0 Å². The molecule has 1 amide bonds. The highest BCUT2D eigenvalue weighted by Gasteiger charge is 2.20. The third kappa shape index (κ3) is 4.46. The minimum absolute atomic E-state index is 0.0182. The predicted molar refractivity (Wildman–Crippen MR) is 105 cm³/mol. The Morgan fingerprint density at radius 3 is 2.28 bits per heavy atom. The molecule has 0 atom stereocenters. The van der Waals surface area contributed by atoms with Gasteiger partial charge in [0.05, 0.1) is 25.3 Å². The van der Waals surface area contributed by atoms with E-state index in [1.165, 1.54) is 55.9 Å². The Morgan fingerprint density at radius 1 is 0.966 bits per heavy atom. The molecular weight excluding hydrogens is 399 g/mol. The second kappa shape index (κ2) is 8.61. The Morgan fingerprint density at radius 2 is 1.62 bits per heavy atom. The van der Waals surface area contributed by atoms with E-state index in [4.69, 9.17) is 0 Å². The summed E-state index contributed by atoms with van der Waals surface area (Å²) in [4.78, 5) is 40.5. The first kappa shape index (κ1) is 20.2. The van der Waals surface area contributed by atoms with Crippen LogP contribution in [0.15, 0.2) is 47.8 Å². The maximum Gasteiger partial charge on any atom is 0.338 e. The Labute approximate surface area is 169 Å². The van der Waals surface area contributed by atoms with Crippen molar-refractivity contribution < 1.29 is 28.2 Å². The van der Waals surface area contributed by atoms with Gasteiger partial charge in [0.25, 0.3) is 5.91 Å². The van der Waals surface area contributed by atoms with Crippen LogP contribution in [0, 0.1) is 5.82 Å². The van der Waals surface area contributed by atoms with Crippen molar-refractivity contribution in [3.63, 3.8) is 0 Å². The van der Waals surface area contributed by atoms with Crippen molar-refractivity contribution in [1.82, 2.24) is 4.98 Å². The minimum atomic E-state index is -0.742. The van der Waals surface area contributed by atoms with Gasteiger partial charge in [0.15, 0.2) is 0 Å². The number of halogens is 1. The smallest absolute Gasteiger partial charge is 0.338 e. The number of methoxy groups -OCH3 is 2. The molecule has 1 heterocycles. The molecule has 1 N–H and O–H groups in total. The fourth-order valence-corrected chi connectivity index (χ4v) is 3.29. The van der Waals surface area contributed by atoms with Crippen LogP contribution in [0.2, 0.25) is 0 Å². The Balaban J connectivity index is 1.83. The molecule has 2 aromatic carbocycles. The van der Waals surface area contributed by atoms with Gasteiger partial charge >= 0.3 is 11.9 Å². The zero-order valence-corrected chi connectivity index (χ0v) is 16.2. The molecule has 0 aliphatic rings. The normalized spacial score (nSPS) is 10.3. The van der Waals surface area contributed by atoms with Crippen molar-refractivity contribution in [3.8, 4) is 10.6 Å². The van der Waals surface area contributed by atoms with E-state index in [1.807, 2.05) is 0 Å². The van der Waals surface area contributed by atoms with E-state index in [1.54, 1.807) is 17.5 Å². The maximum atomic E-state index is 13.1. The summed E-state index contributed by atoms with van der Waals surface area (Å²) in [5, 5.41) is 4.75. The van der Waals surface area contributed by atoms with Crippen molar-refractivity contribution in [2.45, 2.75) is 0 Å².